The number of carbonyl (C=O) groups excluding carboxylic acids is 1. The van der Waals surface area contributed by atoms with Crippen LogP contribution in [0.2, 0.25) is 10.0 Å². The fourth-order valence-corrected chi connectivity index (χ4v) is 3.38. The molecule has 0 saturated heterocycles. The number of nitrogens with one attached hydrogen (secondary N) is 1. The molecule has 7 heteroatoms. The number of thiazole rings is 1. The second-order valence-corrected chi connectivity index (χ2v) is 7.07. The van der Waals surface area contributed by atoms with Crippen molar-refractivity contribution in [2.24, 2.45) is 0 Å². The van der Waals surface area contributed by atoms with Crippen molar-refractivity contribution in [3.63, 3.8) is 0 Å². The Morgan fingerprint density at radius 3 is 2.72 bits per heavy atom. The molecular formula is C18H14Cl2N2O2S. The van der Waals surface area contributed by atoms with Crippen LogP contribution in [0.3, 0.4) is 0 Å². The van der Waals surface area contributed by atoms with E-state index in [1.54, 1.807) is 24.4 Å². The third-order valence-corrected chi connectivity index (χ3v) is 5.08. The maximum atomic E-state index is 11.9. The lowest BCUT2D eigenvalue weighted by Crippen LogP contribution is -2.19. The quantitative estimate of drug-likeness (QED) is 0.637. The minimum absolute atomic E-state index is 0.0704. The number of benzene rings is 2. The molecule has 25 heavy (non-hydrogen) atoms. The van der Waals surface area contributed by atoms with Crippen LogP contribution in [0.15, 0.2) is 54.7 Å². The van der Waals surface area contributed by atoms with Crippen LogP contribution in [0.4, 0.5) is 5.13 Å². The van der Waals surface area contributed by atoms with Gasteiger partial charge >= 0.3 is 0 Å². The Morgan fingerprint density at radius 1 is 1.12 bits per heavy atom. The summed E-state index contributed by atoms with van der Waals surface area (Å²) >= 11 is 13.6. The van der Waals surface area contributed by atoms with Crippen molar-refractivity contribution in [3.05, 3.63) is 75.2 Å². The average Bonchev–Trinajstić information content (AvgIpc) is 3.05. The Labute approximate surface area is 159 Å². The molecule has 4 nitrogen and oxygen atoms in total. The van der Waals surface area contributed by atoms with Crippen molar-refractivity contribution in [2.45, 2.75) is 6.42 Å². The fraction of sp³-hybridized carbons (Fsp3) is 0.111. The summed E-state index contributed by atoms with van der Waals surface area (Å²) in [5, 5.41) is 4.32. The maximum Gasteiger partial charge on any atom is 0.264 e. The van der Waals surface area contributed by atoms with Gasteiger partial charge in [-0.2, -0.15) is 0 Å². The van der Waals surface area contributed by atoms with Crippen LogP contribution in [-0.4, -0.2) is 17.5 Å². The summed E-state index contributed by atoms with van der Waals surface area (Å²) in [4.78, 5) is 17.1. The topological polar surface area (TPSA) is 51.2 Å². The second kappa shape index (κ2) is 8.34. The summed E-state index contributed by atoms with van der Waals surface area (Å²) in [6.45, 7) is -0.0704. The first-order valence-electron chi connectivity index (χ1n) is 7.47. The fourth-order valence-electron chi connectivity index (χ4n) is 2.14. The molecule has 0 unspecified atom stereocenters. The Balaban J connectivity index is 1.56. The first-order chi connectivity index (χ1) is 12.1. The normalized spacial score (nSPS) is 10.5. The smallest absolute Gasteiger partial charge is 0.264 e. The molecule has 128 valence electrons. The lowest BCUT2D eigenvalue weighted by molar-refractivity contribution is -0.118. The van der Waals surface area contributed by atoms with Crippen LogP contribution >= 0.6 is 34.5 Å². The van der Waals surface area contributed by atoms with E-state index in [0.29, 0.717) is 27.3 Å². The number of para-hydroxylation sites is 1. The van der Waals surface area contributed by atoms with Gasteiger partial charge in [0.1, 0.15) is 5.75 Å². The Hall–Kier alpha value is -2.08. The minimum atomic E-state index is -0.259. The first-order valence-corrected chi connectivity index (χ1v) is 9.04. The molecule has 0 bridgehead atoms. The van der Waals surface area contributed by atoms with E-state index in [1.807, 2.05) is 30.3 Å². The third kappa shape index (κ3) is 4.95. The Bertz CT molecular complexity index is 869. The Morgan fingerprint density at radius 2 is 1.92 bits per heavy atom. The van der Waals surface area contributed by atoms with Crippen molar-refractivity contribution in [1.29, 1.82) is 0 Å². The molecule has 0 radical (unpaired) electrons. The van der Waals surface area contributed by atoms with Crippen LogP contribution in [0, 0.1) is 0 Å². The van der Waals surface area contributed by atoms with Gasteiger partial charge in [0, 0.05) is 17.5 Å². The van der Waals surface area contributed by atoms with Gasteiger partial charge in [-0.1, -0.05) is 53.5 Å². The molecule has 0 atom stereocenters. The zero-order valence-corrected chi connectivity index (χ0v) is 15.4. The van der Waals surface area contributed by atoms with Crippen LogP contribution in [0.5, 0.6) is 5.75 Å². The number of halogens is 2. The van der Waals surface area contributed by atoms with Crippen LogP contribution in [-0.2, 0) is 11.2 Å². The van der Waals surface area contributed by atoms with Crippen molar-refractivity contribution >= 4 is 45.6 Å². The van der Waals surface area contributed by atoms with Crippen molar-refractivity contribution in [3.8, 4) is 5.75 Å². The van der Waals surface area contributed by atoms with E-state index in [2.05, 4.69) is 10.3 Å². The number of ether oxygens (including phenoxy) is 1. The zero-order valence-electron chi connectivity index (χ0n) is 13.0. The lowest BCUT2D eigenvalue weighted by Gasteiger charge is -2.05. The number of rotatable bonds is 6. The van der Waals surface area contributed by atoms with E-state index in [0.717, 1.165) is 10.4 Å². The van der Waals surface area contributed by atoms with Crippen molar-refractivity contribution < 1.29 is 9.53 Å². The van der Waals surface area contributed by atoms with E-state index in [9.17, 15) is 4.79 Å². The molecule has 0 saturated carbocycles. The molecule has 3 rings (SSSR count). The highest BCUT2D eigenvalue weighted by atomic mass is 35.5. The van der Waals surface area contributed by atoms with Gasteiger partial charge in [0.05, 0.1) is 10.0 Å². The molecule has 0 spiro atoms. The molecule has 2 aromatic carbocycles. The largest absolute Gasteiger partial charge is 0.484 e. The van der Waals surface area contributed by atoms with Crippen molar-refractivity contribution in [1.82, 2.24) is 4.98 Å². The summed E-state index contributed by atoms with van der Waals surface area (Å²) in [6.07, 6.45) is 2.32. The van der Waals surface area contributed by atoms with Gasteiger partial charge in [0.15, 0.2) is 11.7 Å². The second-order valence-electron chi connectivity index (χ2n) is 5.17. The molecular weight excluding hydrogens is 379 g/mol. The van der Waals surface area contributed by atoms with Crippen LogP contribution in [0.25, 0.3) is 0 Å². The van der Waals surface area contributed by atoms with E-state index in [4.69, 9.17) is 27.9 Å². The Kier molecular flexibility index (Phi) is 5.91. The van der Waals surface area contributed by atoms with E-state index < -0.39 is 0 Å². The number of carbonyl (C=O) groups is 1. The van der Waals surface area contributed by atoms with Gasteiger partial charge < -0.3 is 4.74 Å². The number of nitrogens with zero attached hydrogens (tertiary/aromatic N) is 1. The highest BCUT2D eigenvalue weighted by molar-refractivity contribution is 7.15. The lowest BCUT2D eigenvalue weighted by atomic mass is 10.1. The summed E-state index contributed by atoms with van der Waals surface area (Å²) in [6, 6.07) is 14.7. The predicted molar refractivity (Wildman–Crippen MR) is 102 cm³/mol. The summed E-state index contributed by atoms with van der Waals surface area (Å²) in [5.74, 6) is 0.388. The van der Waals surface area contributed by atoms with Crippen LogP contribution < -0.4 is 10.1 Å². The highest BCUT2D eigenvalue weighted by Gasteiger charge is 2.10. The highest BCUT2D eigenvalue weighted by Crippen LogP contribution is 2.29. The zero-order chi connectivity index (χ0) is 17.6. The van der Waals surface area contributed by atoms with E-state index in [1.165, 1.54) is 11.3 Å². The number of anilines is 1. The molecule has 0 aliphatic rings. The van der Waals surface area contributed by atoms with Gasteiger partial charge in [-0.3, -0.25) is 10.1 Å². The standard InChI is InChI=1S/C18H14Cl2N2O2S/c19-15-8-4-5-12(17(15)20)9-14-10-21-18(25-14)22-16(23)11-24-13-6-2-1-3-7-13/h1-8,10H,9,11H2,(H,21,22,23). The van der Waals surface area contributed by atoms with Crippen molar-refractivity contribution in [2.75, 3.05) is 11.9 Å². The molecule has 1 N–H and O–H groups in total. The van der Waals surface area contributed by atoms with Crippen LogP contribution in [0.1, 0.15) is 10.4 Å². The molecule has 1 amide bonds. The van der Waals surface area contributed by atoms with Gasteiger partial charge in [0.25, 0.3) is 5.91 Å². The summed E-state index contributed by atoms with van der Waals surface area (Å²) in [5.41, 5.74) is 0.920. The van der Waals surface area contributed by atoms with Gasteiger partial charge in [-0.05, 0) is 23.8 Å². The number of hydrogen-bond acceptors (Lipinski definition) is 4. The molecule has 0 aliphatic heterocycles. The monoisotopic (exact) mass is 392 g/mol. The summed E-state index contributed by atoms with van der Waals surface area (Å²) in [7, 11) is 0. The maximum absolute atomic E-state index is 11.9. The molecule has 0 fully saturated rings. The first kappa shape index (κ1) is 17.7. The van der Waals surface area contributed by atoms with Gasteiger partial charge in [-0.15, -0.1) is 11.3 Å². The molecule has 1 aromatic heterocycles. The third-order valence-electron chi connectivity index (χ3n) is 3.31. The van der Waals surface area contributed by atoms with Gasteiger partial charge in [0.2, 0.25) is 0 Å². The molecule has 0 aliphatic carbocycles. The number of hydrogen-bond donors (Lipinski definition) is 1. The summed E-state index contributed by atoms with van der Waals surface area (Å²) < 4.78 is 5.40. The number of amides is 1. The van der Waals surface area contributed by atoms with E-state index in [-0.39, 0.29) is 12.5 Å². The van der Waals surface area contributed by atoms with E-state index >= 15 is 0 Å². The average molecular weight is 393 g/mol. The SMILES string of the molecule is O=C(COc1ccccc1)Nc1ncc(Cc2cccc(Cl)c2Cl)s1. The minimum Gasteiger partial charge on any atom is -0.484 e. The molecule has 1 heterocycles. The number of aromatic nitrogens is 1. The predicted octanol–water partition coefficient (Wildman–Crippen LogP) is 5.06. The van der Waals surface area contributed by atoms with Gasteiger partial charge in [-0.25, -0.2) is 4.98 Å². The molecule has 3 aromatic rings.